The molecule has 0 spiro atoms. The minimum atomic E-state index is -3.62. The third-order valence-corrected chi connectivity index (χ3v) is 5.85. The Morgan fingerprint density at radius 3 is 2.29 bits per heavy atom. The van der Waals surface area contributed by atoms with E-state index in [1.165, 1.54) is 4.31 Å². The average Bonchev–Trinajstić information content (AvgIpc) is 2.69. The molecule has 0 aliphatic heterocycles. The number of benzene rings is 3. The Balaban J connectivity index is 1.84. The van der Waals surface area contributed by atoms with E-state index in [9.17, 15) is 13.2 Å². The van der Waals surface area contributed by atoms with Gasteiger partial charge in [-0.05, 0) is 34.9 Å². The van der Waals surface area contributed by atoms with E-state index < -0.39 is 16.1 Å². The predicted octanol–water partition coefficient (Wildman–Crippen LogP) is 3.70. The van der Waals surface area contributed by atoms with Crippen molar-refractivity contribution in [2.75, 3.05) is 10.6 Å². The zero-order chi connectivity index (χ0) is 20.1. The summed E-state index contributed by atoms with van der Waals surface area (Å²) in [6.07, 6.45) is 1.49. The van der Waals surface area contributed by atoms with E-state index in [4.69, 9.17) is 0 Å². The minimum absolute atomic E-state index is 0.315. The Morgan fingerprint density at radius 2 is 1.61 bits per heavy atom. The molecule has 0 saturated carbocycles. The fourth-order valence-electron chi connectivity index (χ4n) is 3.38. The average molecular weight is 397 g/mol. The van der Waals surface area contributed by atoms with Gasteiger partial charge in [0.25, 0.3) is 0 Å². The molecule has 1 amide bonds. The SMILES string of the molecule is CC[C@@H](C(=O)NCc1cccc2ccccc12)N(c1ccccc1)S(C)(=O)=O. The van der Waals surface area contributed by atoms with Crippen LogP contribution in [-0.4, -0.2) is 26.6 Å². The molecule has 1 atom stereocenters. The second-order valence-electron chi connectivity index (χ2n) is 6.67. The Kier molecular flexibility index (Phi) is 5.99. The quantitative estimate of drug-likeness (QED) is 0.662. The lowest BCUT2D eigenvalue weighted by atomic mass is 10.0. The fourth-order valence-corrected chi connectivity index (χ4v) is 4.59. The van der Waals surface area contributed by atoms with Gasteiger partial charge in [0.1, 0.15) is 6.04 Å². The van der Waals surface area contributed by atoms with Gasteiger partial charge in [0, 0.05) is 6.54 Å². The number of hydrogen-bond acceptors (Lipinski definition) is 3. The van der Waals surface area contributed by atoms with Crippen LogP contribution in [0.25, 0.3) is 10.8 Å². The number of amides is 1. The monoisotopic (exact) mass is 396 g/mol. The molecule has 0 aliphatic rings. The van der Waals surface area contributed by atoms with Crippen molar-refractivity contribution < 1.29 is 13.2 Å². The summed E-state index contributed by atoms with van der Waals surface area (Å²) in [6, 6.07) is 21.8. The van der Waals surface area contributed by atoms with Crippen molar-refractivity contribution in [3.05, 3.63) is 78.4 Å². The third-order valence-electron chi connectivity index (χ3n) is 4.67. The summed E-state index contributed by atoms with van der Waals surface area (Å²) in [6.45, 7) is 2.15. The summed E-state index contributed by atoms with van der Waals surface area (Å²) >= 11 is 0. The number of nitrogens with zero attached hydrogens (tertiary/aromatic N) is 1. The molecule has 1 N–H and O–H groups in total. The molecule has 3 aromatic carbocycles. The number of sulfonamides is 1. The zero-order valence-corrected chi connectivity index (χ0v) is 16.8. The first-order valence-electron chi connectivity index (χ1n) is 9.20. The highest BCUT2D eigenvalue weighted by molar-refractivity contribution is 7.92. The van der Waals surface area contributed by atoms with Crippen LogP contribution < -0.4 is 9.62 Å². The molecule has 0 fully saturated rings. The molecule has 0 aromatic heterocycles. The van der Waals surface area contributed by atoms with Crippen LogP contribution in [0.2, 0.25) is 0 Å². The highest BCUT2D eigenvalue weighted by Crippen LogP contribution is 2.23. The number of nitrogens with one attached hydrogen (secondary N) is 1. The standard InChI is InChI=1S/C22H24N2O3S/c1-3-21(24(28(2,26)27)19-13-5-4-6-14-19)22(25)23-16-18-12-9-11-17-10-7-8-15-20(17)18/h4-15,21H,3,16H2,1-2H3,(H,23,25)/t21-/m0/s1. The van der Waals surface area contributed by atoms with Crippen molar-refractivity contribution in [2.45, 2.75) is 25.9 Å². The number of rotatable bonds is 7. The lowest BCUT2D eigenvalue weighted by Crippen LogP contribution is -2.49. The van der Waals surface area contributed by atoms with Crippen LogP contribution in [0.4, 0.5) is 5.69 Å². The first-order chi connectivity index (χ1) is 13.4. The second kappa shape index (κ2) is 8.44. The van der Waals surface area contributed by atoms with Crippen LogP contribution in [0.15, 0.2) is 72.8 Å². The maximum atomic E-state index is 12.9. The molecular formula is C22H24N2O3S. The molecule has 146 valence electrons. The highest BCUT2D eigenvalue weighted by atomic mass is 32.2. The summed E-state index contributed by atoms with van der Waals surface area (Å²) in [5, 5.41) is 5.09. The lowest BCUT2D eigenvalue weighted by Gasteiger charge is -2.30. The normalized spacial score (nSPS) is 12.5. The minimum Gasteiger partial charge on any atom is -0.350 e. The number of fused-ring (bicyclic) bond motifs is 1. The topological polar surface area (TPSA) is 66.5 Å². The molecule has 28 heavy (non-hydrogen) atoms. The van der Waals surface area contributed by atoms with Crippen molar-refractivity contribution in [3.8, 4) is 0 Å². The van der Waals surface area contributed by atoms with Gasteiger partial charge in [0.15, 0.2) is 0 Å². The van der Waals surface area contributed by atoms with Gasteiger partial charge in [-0.1, -0.05) is 67.6 Å². The summed E-state index contributed by atoms with van der Waals surface area (Å²) in [7, 11) is -3.62. The van der Waals surface area contributed by atoms with E-state index in [0.717, 1.165) is 22.6 Å². The van der Waals surface area contributed by atoms with Gasteiger partial charge in [-0.2, -0.15) is 0 Å². The number of anilines is 1. The van der Waals surface area contributed by atoms with Gasteiger partial charge in [0.2, 0.25) is 15.9 Å². The number of hydrogen-bond donors (Lipinski definition) is 1. The molecule has 0 radical (unpaired) electrons. The van der Waals surface area contributed by atoms with Crippen molar-refractivity contribution >= 4 is 32.4 Å². The predicted molar refractivity (Wildman–Crippen MR) is 114 cm³/mol. The lowest BCUT2D eigenvalue weighted by molar-refractivity contribution is -0.122. The van der Waals surface area contributed by atoms with Gasteiger partial charge in [0.05, 0.1) is 11.9 Å². The Hall–Kier alpha value is -2.86. The van der Waals surface area contributed by atoms with E-state index in [-0.39, 0.29) is 5.91 Å². The van der Waals surface area contributed by atoms with E-state index in [2.05, 4.69) is 5.32 Å². The highest BCUT2D eigenvalue weighted by Gasteiger charge is 2.31. The molecule has 0 unspecified atom stereocenters. The molecule has 0 aliphatic carbocycles. The maximum Gasteiger partial charge on any atom is 0.244 e. The van der Waals surface area contributed by atoms with E-state index in [1.807, 2.05) is 55.5 Å². The molecule has 3 aromatic rings. The van der Waals surface area contributed by atoms with Gasteiger partial charge in [-0.3, -0.25) is 9.10 Å². The molecule has 3 rings (SSSR count). The number of para-hydroxylation sites is 1. The first-order valence-corrected chi connectivity index (χ1v) is 11.1. The number of carbonyl (C=O) groups is 1. The third kappa shape index (κ3) is 4.34. The summed E-state index contributed by atoms with van der Waals surface area (Å²) in [5.41, 5.74) is 1.48. The fraction of sp³-hybridized carbons (Fsp3) is 0.227. The molecule has 5 nitrogen and oxygen atoms in total. The zero-order valence-electron chi connectivity index (χ0n) is 16.0. The molecule has 0 saturated heterocycles. The Labute approximate surface area is 166 Å². The van der Waals surface area contributed by atoms with Gasteiger partial charge in [-0.25, -0.2) is 8.42 Å². The van der Waals surface area contributed by atoms with Gasteiger partial charge in [-0.15, -0.1) is 0 Å². The van der Waals surface area contributed by atoms with Crippen LogP contribution in [-0.2, 0) is 21.4 Å². The van der Waals surface area contributed by atoms with Gasteiger partial charge >= 0.3 is 0 Å². The Morgan fingerprint density at radius 1 is 0.964 bits per heavy atom. The molecule has 0 bridgehead atoms. The van der Waals surface area contributed by atoms with Crippen LogP contribution >= 0.6 is 0 Å². The molecular weight excluding hydrogens is 372 g/mol. The van der Waals surface area contributed by atoms with Crippen molar-refractivity contribution in [3.63, 3.8) is 0 Å². The summed E-state index contributed by atoms with van der Waals surface area (Å²) < 4.78 is 26.1. The van der Waals surface area contributed by atoms with Crippen LogP contribution in [0.1, 0.15) is 18.9 Å². The first kappa shape index (κ1) is 19.9. The number of carbonyl (C=O) groups excluding carboxylic acids is 1. The molecule has 6 heteroatoms. The largest absolute Gasteiger partial charge is 0.350 e. The van der Waals surface area contributed by atoms with E-state index in [1.54, 1.807) is 24.3 Å². The van der Waals surface area contributed by atoms with E-state index >= 15 is 0 Å². The smallest absolute Gasteiger partial charge is 0.244 e. The second-order valence-corrected chi connectivity index (χ2v) is 8.53. The van der Waals surface area contributed by atoms with Crippen LogP contribution in [0.3, 0.4) is 0 Å². The summed E-state index contributed by atoms with van der Waals surface area (Å²) in [4.78, 5) is 12.9. The Bertz CT molecular complexity index is 1060. The maximum absolute atomic E-state index is 12.9. The van der Waals surface area contributed by atoms with Crippen LogP contribution in [0, 0.1) is 0 Å². The van der Waals surface area contributed by atoms with Crippen molar-refractivity contribution in [2.24, 2.45) is 0 Å². The summed E-state index contributed by atoms with van der Waals surface area (Å²) in [5.74, 6) is -0.315. The molecule has 0 heterocycles. The van der Waals surface area contributed by atoms with Crippen molar-refractivity contribution in [1.29, 1.82) is 0 Å². The van der Waals surface area contributed by atoms with Crippen molar-refractivity contribution in [1.82, 2.24) is 5.32 Å². The van der Waals surface area contributed by atoms with Crippen LogP contribution in [0.5, 0.6) is 0 Å². The van der Waals surface area contributed by atoms with E-state index in [0.29, 0.717) is 18.7 Å². The van der Waals surface area contributed by atoms with Gasteiger partial charge < -0.3 is 5.32 Å².